The maximum atomic E-state index is 13.2. The fourth-order valence-electron chi connectivity index (χ4n) is 4.60. The number of nitrogens with one attached hydrogen (secondary N) is 1. The second-order valence-electron chi connectivity index (χ2n) is 11.1. The maximum absolute atomic E-state index is 13.2. The zero-order valence-electron chi connectivity index (χ0n) is 23.2. The number of thioether (sulfide) groups is 1. The summed E-state index contributed by atoms with van der Waals surface area (Å²) in [7, 11) is 0. The Hall–Kier alpha value is -3.14. The van der Waals surface area contributed by atoms with Crippen LogP contribution in [-0.2, 0) is 22.5 Å². The molecule has 1 N–H and O–H groups in total. The summed E-state index contributed by atoms with van der Waals surface area (Å²) in [6.45, 7) is 11.4. The number of likely N-dealkylation sites (tertiary alicyclic amines) is 1. The molecule has 4 rings (SSSR count). The summed E-state index contributed by atoms with van der Waals surface area (Å²) in [4.78, 5) is 36.6. The Kier molecular flexibility index (Phi) is 8.60. The van der Waals surface area contributed by atoms with Gasteiger partial charge in [0.2, 0.25) is 5.95 Å². The molecule has 1 unspecified atom stereocenters. The smallest absolute Gasteiger partial charge is 0.410 e. The number of ether oxygens (including phenoxy) is 1. The van der Waals surface area contributed by atoms with Crippen molar-refractivity contribution in [3.8, 4) is 0 Å². The molecule has 3 heterocycles. The maximum Gasteiger partial charge on any atom is 0.410 e. The Morgan fingerprint density at radius 1 is 1.21 bits per heavy atom. The number of carbonyl (C=O) groups excluding carboxylic acids is 2. The van der Waals surface area contributed by atoms with Gasteiger partial charge in [-0.1, -0.05) is 49.9 Å². The number of carbonyl (C=O) groups is 2. The molecule has 1 aromatic carbocycles. The molecular weight excluding hydrogens is 500 g/mol. The van der Waals surface area contributed by atoms with Crippen LogP contribution < -0.4 is 5.32 Å². The number of hydrogen-bond donors (Lipinski definition) is 1. The van der Waals surface area contributed by atoms with Crippen LogP contribution in [0.1, 0.15) is 70.1 Å². The van der Waals surface area contributed by atoms with E-state index in [0.717, 1.165) is 35.2 Å². The normalized spacial score (nSPS) is 16.2. The molecule has 3 aromatic rings. The Balaban J connectivity index is 1.41. The molecule has 1 aliphatic heterocycles. The summed E-state index contributed by atoms with van der Waals surface area (Å²) >= 11 is 1.50. The predicted molar refractivity (Wildman–Crippen MR) is 150 cm³/mol. The lowest BCUT2D eigenvalue weighted by molar-refractivity contribution is -0.123. The van der Waals surface area contributed by atoms with Crippen LogP contribution in [0.2, 0.25) is 0 Å². The van der Waals surface area contributed by atoms with Crippen LogP contribution in [0.5, 0.6) is 0 Å². The summed E-state index contributed by atoms with van der Waals surface area (Å²) in [5.74, 6) is 0.923. The molecule has 0 aliphatic carbocycles. The Bertz CT molecular complexity index is 1300. The highest BCUT2D eigenvalue weighted by Gasteiger charge is 2.30. The van der Waals surface area contributed by atoms with Crippen molar-refractivity contribution in [2.24, 2.45) is 5.92 Å². The zero-order chi connectivity index (χ0) is 27.4. The zero-order valence-corrected chi connectivity index (χ0v) is 24.0. The fourth-order valence-corrected chi connectivity index (χ4v) is 4.95. The summed E-state index contributed by atoms with van der Waals surface area (Å²) < 4.78 is 7.26. The Labute approximate surface area is 228 Å². The van der Waals surface area contributed by atoms with E-state index in [1.165, 1.54) is 11.8 Å². The van der Waals surface area contributed by atoms with Crippen molar-refractivity contribution in [1.29, 1.82) is 0 Å². The van der Waals surface area contributed by atoms with E-state index in [9.17, 15) is 9.59 Å². The minimum absolute atomic E-state index is 0.156. The molecule has 204 valence electrons. The molecule has 1 aliphatic rings. The molecule has 0 bridgehead atoms. The van der Waals surface area contributed by atoms with Crippen molar-refractivity contribution in [3.05, 3.63) is 47.2 Å². The average molecular weight is 539 g/mol. The minimum atomic E-state index is -0.550. The van der Waals surface area contributed by atoms with E-state index in [0.29, 0.717) is 43.1 Å². The summed E-state index contributed by atoms with van der Waals surface area (Å²) in [6.07, 6.45) is 5.40. The first-order valence-electron chi connectivity index (χ1n) is 13.2. The molecule has 1 fully saturated rings. The third-order valence-electron chi connectivity index (χ3n) is 6.53. The highest BCUT2D eigenvalue weighted by atomic mass is 32.2. The predicted octanol–water partition coefficient (Wildman–Crippen LogP) is 5.34. The van der Waals surface area contributed by atoms with Gasteiger partial charge in [0.1, 0.15) is 11.4 Å². The number of anilines is 1. The van der Waals surface area contributed by atoms with Crippen molar-refractivity contribution in [2.75, 3.05) is 24.7 Å². The van der Waals surface area contributed by atoms with E-state index >= 15 is 0 Å². The molecule has 1 saturated heterocycles. The lowest BCUT2D eigenvalue weighted by atomic mass is 9.90. The first-order chi connectivity index (χ1) is 18.0. The summed E-state index contributed by atoms with van der Waals surface area (Å²) in [6, 6.07) is 8.03. The second kappa shape index (κ2) is 11.7. The average Bonchev–Trinajstić information content (AvgIpc) is 3.31. The van der Waals surface area contributed by atoms with Crippen LogP contribution in [0.4, 0.5) is 10.7 Å². The summed E-state index contributed by atoms with van der Waals surface area (Å²) in [5.41, 5.74) is 3.35. The molecule has 2 aromatic heterocycles. The monoisotopic (exact) mass is 538 g/mol. The van der Waals surface area contributed by atoms with Crippen LogP contribution in [0.25, 0.3) is 5.65 Å². The number of rotatable bonds is 8. The van der Waals surface area contributed by atoms with Gasteiger partial charge in [-0.15, -0.1) is 0 Å². The van der Waals surface area contributed by atoms with Gasteiger partial charge in [0, 0.05) is 37.5 Å². The van der Waals surface area contributed by atoms with Crippen molar-refractivity contribution in [2.45, 2.75) is 77.1 Å². The van der Waals surface area contributed by atoms with Gasteiger partial charge in [-0.05, 0) is 56.9 Å². The SMILES string of the molecule is CSc1nc(NCc2cccc(CC(=O)C3CCCN(C(=O)OC(C)(C)C)C3)c2)n2ncc(C(C)C)c2n1. The Morgan fingerprint density at radius 3 is 2.68 bits per heavy atom. The van der Waals surface area contributed by atoms with Gasteiger partial charge in [-0.3, -0.25) is 4.79 Å². The largest absolute Gasteiger partial charge is 0.444 e. The van der Waals surface area contributed by atoms with E-state index in [2.05, 4.69) is 40.3 Å². The topological polar surface area (TPSA) is 102 Å². The van der Waals surface area contributed by atoms with Crippen molar-refractivity contribution in [3.63, 3.8) is 0 Å². The van der Waals surface area contributed by atoms with Crippen molar-refractivity contribution >= 4 is 35.2 Å². The second-order valence-corrected chi connectivity index (χ2v) is 11.9. The number of ketones is 1. The fraction of sp³-hybridized carbons (Fsp3) is 0.536. The van der Waals surface area contributed by atoms with Gasteiger partial charge >= 0.3 is 6.09 Å². The van der Waals surface area contributed by atoms with Gasteiger partial charge in [0.05, 0.1) is 6.20 Å². The van der Waals surface area contributed by atoms with Crippen LogP contribution in [0, 0.1) is 5.92 Å². The molecule has 1 atom stereocenters. The first kappa shape index (κ1) is 27.9. The van der Waals surface area contributed by atoms with E-state index in [-0.39, 0.29) is 17.8 Å². The molecular formula is C28H38N6O3S. The van der Waals surface area contributed by atoms with Crippen molar-refractivity contribution in [1.82, 2.24) is 24.5 Å². The van der Waals surface area contributed by atoms with E-state index in [1.54, 1.807) is 9.42 Å². The van der Waals surface area contributed by atoms with Gasteiger partial charge < -0.3 is 15.0 Å². The first-order valence-corrected chi connectivity index (χ1v) is 14.4. The lowest BCUT2D eigenvalue weighted by Crippen LogP contribution is -2.44. The molecule has 10 heteroatoms. The number of Topliss-reactive ketones (excluding diaryl/α,β-unsaturated/α-hetero) is 1. The van der Waals surface area contributed by atoms with E-state index in [4.69, 9.17) is 4.74 Å². The van der Waals surface area contributed by atoms with E-state index in [1.807, 2.05) is 51.4 Å². The van der Waals surface area contributed by atoms with Gasteiger partial charge in [-0.2, -0.15) is 14.6 Å². The van der Waals surface area contributed by atoms with Gasteiger partial charge in [0.25, 0.3) is 0 Å². The van der Waals surface area contributed by atoms with E-state index < -0.39 is 5.60 Å². The van der Waals surface area contributed by atoms with Crippen LogP contribution in [0.15, 0.2) is 35.6 Å². The van der Waals surface area contributed by atoms with Crippen LogP contribution in [-0.4, -0.2) is 61.3 Å². The number of aromatic nitrogens is 4. The third-order valence-corrected chi connectivity index (χ3v) is 7.08. The van der Waals surface area contributed by atoms with Gasteiger partial charge in [-0.25, -0.2) is 9.78 Å². The van der Waals surface area contributed by atoms with Crippen LogP contribution in [0.3, 0.4) is 0 Å². The number of benzene rings is 1. The Morgan fingerprint density at radius 2 is 1.97 bits per heavy atom. The summed E-state index contributed by atoms with van der Waals surface area (Å²) in [5, 5.41) is 8.61. The number of nitrogens with zero attached hydrogens (tertiary/aromatic N) is 5. The lowest BCUT2D eigenvalue weighted by Gasteiger charge is -2.33. The van der Waals surface area contributed by atoms with Crippen LogP contribution >= 0.6 is 11.8 Å². The standard InChI is InChI=1S/C28H38N6O3S/c1-18(2)22-16-30-34-24(22)31-26(38-6)32-25(34)29-15-20-10-7-9-19(13-20)14-23(35)21-11-8-12-33(17-21)27(36)37-28(3,4)5/h7,9-10,13,16,18,21H,8,11-12,14-15,17H2,1-6H3,(H,29,31,32). The molecule has 0 radical (unpaired) electrons. The number of piperidine rings is 1. The molecule has 1 amide bonds. The minimum Gasteiger partial charge on any atom is -0.444 e. The number of hydrogen-bond acceptors (Lipinski definition) is 8. The molecule has 38 heavy (non-hydrogen) atoms. The number of amides is 1. The molecule has 0 saturated carbocycles. The third kappa shape index (κ3) is 6.83. The quantitative estimate of drug-likeness (QED) is 0.384. The van der Waals surface area contributed by atoms with Crippen molar-refractivity contribution < 1.29 is 14.3 Å². The highest BCUT2D eigenvalue weighted by molar-refractivity contribution is 7.98. The highest BCUT2D eigenvalue weighted by Crippen LogP contribution is 2.24. The molecule has 0 spiro atoms. The van der Waals surface area contributed by atoms with Gasteiger partial charge in [0.15, 0.2) is 10.8 Å². The number of fused-ring (bicyclic) bond motifs is 1. The molecule has 9 nitrogen and oxygen atoms in total.